The Bertz CT molecular complexity index is 365. The molecule has 4 heteroatoms. The van der Waals surface area contributed by atoms with Crippen LogP contribution in [0.1, 0.15) is 5.56 Å². The smallest absolute Gasteiger partial charge is 0.407 e. The van der Waals surface area contributed by atoms with Crippen LogP contribution in [0, 0.1) is 0 Å². The lowest BCUT2D eigenvalue weighted by atomic mass is 10.1. The lowest BCUT2D eigenvalue weighted by Crippen LogP contribution is -2.28. The van der Waals surface area contributed by atoms with Crippen LogP contribution >= 0.6 is 0 Å². The molecule has 1 N–H and O–H groups in total. The first-order valence-electron chi connectivity index (χ1n) is 4.84. The second-order valence-electron chi connectivity index (χ2n) is 3.50. The van der Waals surface area contributed by atoms with Crippen molar-refractivity contribution in [3.05, 3.63) is 29.8 Å². The van der Waals surface area contributed by atoms with E-state index in [0.29, 0.717) is 6.61 Å². The Balaban J connectivity index is 2.01. The largest absolute Gasteiger partial charge is 0.497 e. The molecule has 1 atom stereocenters. The standard InChI is InChI=1S/C11H13NO3/c1-14-10-4-2-3-8(6-10)5-9-7-15-11(13)12-9/h2-4,6,9H,5,7H2,1H3,(H,12,13). The predicted molar refractivity (Wildman–Crippen MR) is 55.0 cm³/mol. The summed E-state index contributed by atoms with van der Waals surface area (Å²) in [6, 6.07) is 7.88. The summed E-state index contributed by atoms with van der Waals surface area (Å²) in [4.78, 5) is 10.8. The van der Waals surface area contributed by atoms with Crippen LogP contribution in [0.25, 0.3) is 0 Å². The van der Waals surface area contributed by atoms with Crippen molar-refractivity contribution < 1.29 is 14.3 Å². The van der Waals surface area contributed by atoms with Crippen molar-refractivity contribution >= 4 is 6.09 Å². The molecule has 2 rings (SSSR count). The lowest BCUT2D eigenvalue weighted by Gasteiger charge is -2.08. The molecule has 0 bridgehead atoms. The second-order valence-corrected chi connectivity index (χ2v) is 3.50. The van der Waals surface area contributed by atoms with E-state index in [2.05, 4.69) is 5.32 Å². The van der Waals surface area contributed by atoms with Gasteiger partial charge >= 0.3 is 6.09 Å². The summed E-state index contributed by atoms with van der Waals surface area (Å²) in [5, 5.41) is 2.74. The van der Waals surface area contributed by atoms with Gasteiger partial charge in [-0.1, -0.05) is 12.1 Å². The first kappa shape index (κ1) is 9.83. The molecule has 0 radical (unpaired) electrons. The van der Waals surface area contributed by atoms with Crippen molar-refractivity contribution in [2.75, 3.05) is 13.7 Å². The summed E-state index contributed by atoms with van der Waals surface area (Å²) in [6.07, 6.45) is 0.436. The zero-order valence-electron chi connectivity index (χ0n) is 8.53. The van der Waals surface area contributed by atoms with Gasteiger partial charge in [0.15, 0.2) is 0 Å². The Hall–Kier alpha value is -1.71. The zero-order valence-corrected chi connectivity index (χ0v) is 8.53. The number of hydrogen-bond acceptors (Lipinski definition) is 3. The van der Waals surface area contributed by atoms with Crippen LogP contribution in [0.3, 0.4) is 0 Å². The van der Waals surface area contributed by atoms with E-state index < -0.39 is 0 Å². The Labute approximate surface area is 88.2 Å². The van der Waals surface area contributed by atoms with Crippen LogP contribution in [0.5, 0.6) is 5.75 Å². The van der Waals surface area contributed by atoms with Gasteiger partial charge in [0.1, 0.15) is 12.4 Å². The molecule has 0 aliphatic carbocycles. The van der Waals surface area contributed by atoms with E-state index in [0.717, 1.165) is 17.7 Å². The third-order valence-electron chi connectivity index (χ3n) is 2.35. The lowest BCUT2D eigenvalue weighted by molar-refractivity contribution is 0.177. The number of amides is 1. The van der Waals surface area contributed by atoms with Gasteiger partial charge in [-0.15, -0.1) is 0 Å². The number of carbonyl (C=O) groups is 1. The first-order valence-corrected chi connectivity index (χ1v) is 4.84. The molecule has 1 aromatic rings. The highest BCUT2D eigenvalue weighted by Crippen LogP contribution is 2.15. The van der Waals surface area contributed by atoms with Gasteiger partial charge in [-0.05, 0) is 24.1 Å². The molecule has 1 fully saturated rings. The summed E-state index contributed by atoms with van der Waals surface area (Å²) >= 11 is 0. The number of benzene rings is 1. The molecule has 1 aromatic carbocycles. The van der Waals surface area contributed by atoms with Gasteiger partial charge < -0.3 is 14.8 Å². The van der Waals surface area contributed by atoms with E-state index in [1.807, 2.05) is 24.3 Å². The summed E-state index contributed by atoms with van der Waals surface area (Å²) in [5.74, 6) is 0.831. The number of alkyl carbamates (subject to hydrolysis) is 1. The van der Waals surface area contributed by atoms with E-state index in [1.54, 1.807) is 7.11 Å². The van der Waals surface area contributed by atoms with Crippen LogP contribution in [-0.4, -0.2) is 25.9 Å². The topological polar surface area (TPSA) is 47.6 Å². The second kappa shape index (κ2) is 4.21. The van der Waals surface area contributed by atoms with Gasteiger partial charge in [-0.3, -0.25) is 0 Å². The molecular formula is C11H13NO3. The maximum Gasteiger partial charge on any atom is 0.407 e. The van der Waals surface area contributed by atoms with E-state index >= 15 is 0 Å². The van der Waals surface area contributed by atoms with Gasteiger partial charge in [0, 0.05) is 0 Å². The van der Waals surface area contributed by atoms with E-state index in [4.69, 9.17) is 9.47 Å². The molecule has 0 spiro atoms. The number of hydrogen-bond donors (Lipinski definition) is 1. The third-order valence-corrected chi connectivity index (χ3v) is 2.35. The molecule has 80 valence electrons. The first-order chi connectivity index (χ1) is 7.28. The van der Waals surface area contributed by atoms with E-state index in [9.17, 15) is 4.79 Å². The Morgan fingerprint density at radius 3 is 3.13 bits per heavy atom. The van der Waals surface area contributed by atoms with Crippen molar-refractivity contribution in [2.24, 2.45) is 0 Å². The SMILES string of the molecule is COc1cccc(CC2COC(=O)N2)c1. The third kappa shape index (κ3) is 2.40. The Morgan fingerprint density at radius 2 is 2.47 bits per heavy atom. The van der Waals surface area contributed by atoms with Gasteiger partial charge in [0.2, 0.25) is 0 Å². The molecule has 1 aliphatic heterocycles. The molecule has 1 heterocycles. The minimum atomic E-state index is -0.331. The fourth-order valence-electron chi connectivity index (χ4n) is 1.62. The molecule has 1 amide bonds. The van der Waals surface area contributed by atoms with Crippen LogP contribution in [-0.2, 0) is 11.2 Å². The monoisotopic (exact) mass is 207 g/mol. The Kier molecular flexibility index (Phi) is 2.76. The van der Waals surface area contributed by atoms with Crippen LogP contribution in [0.15, 0.2) is 24.3 Å². The summed E-state index contributed by atoms with van der Waals surface area (Å²) in [5.41, 5.74) is 1.13. The summed E-state index contributed by atoms with van der Waals surface area (Å²) < 4.78 is 9.93. The average molecular weight is 207 g/mol. The molecular weight excluding hydrogens is 194 g/mol. The van der Waals surface area contributed by atoms with Crippen LogP contribution in [0.4, 0.5) is 4.79 Å². The molecule has 15 heavy (non-hydrogen) atoms. The summed E-state index contributed by atoms with van der Waals surface area (Å²) in [7, 11) is 1.64. The maximum atomic E-state index is 10.8. The maximum absolute atomic E-state index is 10.8. The van der Waals surface area contributed by atoms with E-state index in [-0.39, 0.29) is 12.1 Å². The molecule has 0 aromatic heterocycles. The normalized spacial score (nSPS) is 19.5. The number of carbonyl (C=O) groups excluding carboxylic acids is 1. The zero-order chi connectivity index (χ0) is 10.7. The molecule has 1 unspecified atom stereocenters. The van der Waals surface area contributed by atoms with Crippen molar-refractivity contribution in [3.8, 4) is 5.75 Å². The van der Waals surface area contributed by atoms with Crippen molar-refractivity contribution in [2.45, 2.75) is 12.5 Å². The van der Waals surface area contributed by atoms with Crippen molar-refractivity contribution in [3.63, 3.8) is 0 Å². The van der Waals surface area contributed by atoms with Crippen LogP contribution in [0.2, 0.25) is 0 Å². The minimum absolute atomic E-state index is 0.0737. The van der Waals surface area contributed by atoms with Gasteiger partial charge in [-0.25, -0.2) is 4.79 Å². The summed E-state index contributed by atoms with van der Waals surface area (Å²) in [6.45, 7) is 0.441. The van der Waals surface area contributed by atoms with Crippen LogP contribution < -0.4 is 10.1 Å². The number of nitrogens with one attached hydrogen (secondary N) is 1. The molecule has 4 nitrogen and oxygen atoms in total. The fraction of sp³-hybridized carbons (Fsp3) is 0.364. The van der Waals surface area contributed by atoms with Gasteiger partial charge in [0.05, 0.1) is 13.2 Å². The highest BCUT2D eigenvalue weighted by atomic mass is 16.6. The van der Waals surface area contributed by atoms with Crippen molar-refractivity contribution in [1.29, 1.82) is 0 Å². The average Bonchev–Trinajstić information content (AvgIpc) is 2.64. The van der Waals surface area contributed by atoms with Gasteiger partial charge in [-0.2, -0.15) is 0 Å². The number of methoxy groups -OCH3 is 1. The molecule has 1 saturated heterocycles. The number of cyclic esters (lactones) is 1. The fourth-order valence-corrected chi connectivity index (χ4v) is 1.62. The molecule has 1 aliphatic rings. The minimum Gasteiger partial charge on any atom is -0.497 e. The predicted octanol–water partition coefficient (Wildman–Crippen LogP) is 1.35. The highest BCUT2D eigenvalue weighted by Gasteiger charge is 2.22. The number of ether oxygens (including phenoxy) is 2. The van der Waals surface area contributed by atoms with Gasteiger partial charge in [0.25, 0.3) is 0 Å². The van der Waals surface area contributed by atoms with E-state index in [1.165, 1.54) is 0 Å². The quantitative estimate of drug-likeness (QED) is 0.813. The van der Waals surface area contributed by atoms with Crippen molar-refractivity contribution in [1.82, 2.24) is 5.32 Å². The molecule has 0 saturated carbocycles. The Morgan fingerprint density at radius 1 is 1.60 bits per heavy atom. The number of rotatable bonds is 3. The highest BCUT2D eigenvalue weighted by molar-refractivity contribution is 5.69.